The van der Waals surface area contributed by atoms with Crippen molar-refractivity contribution in [2.75, 3.05) is 0 Å². The predicted molar refractivity (Wildman–Crippen MR) is 284 cm³/mol. The van der Waals surface area contributed by atoms with E-state index in [1.807, 2.05) is 54.6 Å². The van der Waals surface area contributed by atoms with E-state index in [0.717, 1.165) is 38.9 Å². The van der Waals surface area contributed by atoms with Crippen molar-refractivity contribution in [1.82, 2.24) is 29.9 Å². The molecule has 11 aromatic rings. The molecule has 0 fully saturated rings. The molecular weight excluding hydrogens is 865 g/mol. The first-order valence-corrected chi connectivity index (χ1v) is 24.3. The van der Waals surface area contributed by atoms with Crippen LogP contribution in [0.4, 0.5) is 0 Å². The smallest absolute Gasteiger partial charge is 0.164 e. The van der Waals surface area contributed by atoms with Crippen LogP contribution >= 0.6 is 0 Å². The van der Waals surface area contributed by atoms with Gasteiger partial charge in [0, 0.05) is 50.6 Å². The molecule has 0 spiro atoms. The lowest BCUT2D eigenvalue weighted by molar-refractivity contribution is 0.660. The molecule has 334 valence electrons. The monoisotopic (exact) mass is 908 g/mol. The molecule has 2 unspecified atom stereocenters. The van der Waals surface area contributed by atoms with Crippen LogP contribution in [0.1, 0.15) is 70.2 Å². The number of hydrogen-bond acceptors (Lipinski definition) is 6. The molecule has 2 bridgehead atoms. The summed E-state index contributed by atoms with van der Waals surface area (Å²) >= 11 is 0. The molecule has 15 rings (SSSR count). The van der Waals surface area contributed by atoms with Crippen LogP contribution in [0, 0.1) is 0 Å². The third kappa shape index (κ3) is 6.70. The van der Waals surface area contributed by atoms with Crippen LogP contribution in [0.15, 0.2) is 218 Å². The molecule has 0 amide bonds. The fourth-order valence-corrected chi connectivity index (χ4v) is 11.5. The van der Waals surface area contributed by atoms with Crippen LogP contribution in [-0.2, 0) is 5.41 Å². The second kappa shape index (κ2) is 16.0. The molecule has 9 aromatic carbocycles. The SMILES string of the molecule is CC1(C)c2ccccc2-c2ccc(-c3ccc(-c4nc(-c5ccccc5)nc(-c5ccc6c(c5)C5c7ccccc7C6c6cc(-c7nc(-c8ccccc8)nc(-c8ccccc8)n7)ccc65)n4)cc3)cc21. The van der Waals surface area contributed by atoms with Gasteiger partial charge in [-0.15, -0.1) is 0 Å². The summed E-state index contributed by atoms with van der Waals surface area (Å²) in [5.41, 5.74) is 21.2. The van der Waals surface area contributed by atoms with Gasteiger partial charge in [-0.2, -0.15) is 0 Å². The second-order valence-electron chi connectivity index (χ2n) is 19.4. The lowest BCUT2D eigenvalue weighted by atomic mass is 9.61. The first kappa shape index (κ1) is 41.0. The summed E-state index contributed by atoms with van der Waals surface area (Å²) in [6.45, 7) is 4.66. The number of hydrogen-bond donors (Lipinski definition) is 0. The summed E-state index contributed by atoms with van der Waals surface area (Å²) in [4.78, 5) is 30.7. The average molecular weight is 909 g/mol. The van der Waals surface area contributed by atoms with E-state index in [2.05, 4.69) is 178 Å². The number of nitrogens with zero attached hydrogens (tertiary/aromatic N) is 6. The van der Waals surface area contributed by atoms with E-state index in [9.17, 15) is 0 Å². The molecule has 4 aliphatic carbocycles. The van der Waals surface area contributed by atoms with Gasteiger partial charge in [-0.25, -0.2) is 29.9 Å². The topological polar surface area (TPSA) is 77.3 Å². The number of fused-ring (bicyclic) bond motifs is 3. The lowest BCUT2D eigenvalue weighted by Crippen LogP contribution is -2.27. The Bertz CT molecular complexity index is 3850. The van der Waals surface area contributed by atoms with Crippen LogP contribution in [0.25, 0.3) is 90.6 Å². The highest BCUT2D eigenvalue weighted by Gasteiger charge is 2.42. The Hall–Kier alpha value is -9.00. The van der Waals surface area contributed by atoms with E-state index < -0.39 is 0 Å². The predicted octanol–water partition coefficient (Wildman–Crippen LogP) is 15.0. The fraction of sp³-hybridized carbons (Fsp3) is 0.0769. The van der Waals surface area contributed by atoms with Crippen molar-refractivity contribution in [2.45, 2.75) is 31.1 Å². The third-order valence-corrected chi connectivity index (χ3v) is 15.0. The Balaban J connectivity index is 0.845. The van der Waals surface area contributed by atoms with Gasteiger partial charge in [0.1, 0.15) is 0 Å². The first-order chi connectivity index (χ1) is 34.9. The molecular formula is C65H44N6. The van der Waals surface area contributed by atoms with Crippen molar-refractivity contribution in [3.8, 4) is 90.6 Å². The van der Waals surface area contributed by atoms with Crippen molar-refractivity contribution >= 4 is 0 Å². The molecule has 6 heteroatoms. The zero-order valence-electron chi connectivity index (χ0n) is 39.1. The summed E-state index contributed by atoms with van der Waals surface area (Å²) in [5, 5.41) is 0. The van der Waals surface area contributed by atoms with Gasteiger partial charge in [0.15, 0.2) is 34.9 Å². The Kier molecular flexibility index (Phi) is 9.27. The Labute approximate surface area is 412 Å². The minimum absolute atomic E-state index is 0.0229. The van der Waals surface area contributed by atoms with Gasteiger partial charge in [0.05, 0.1) is 0 Å². The van der Waals surface area contributed by atoms with Gasteiger partial charge in [0.25, 0.3) is 0 Å². The Morgan fingerprint density at radius 3 is 1.07 bits per heavy atom. The number of rotatable bonds is 7. The van der Waals surface area contributed by atoms with Crippen molar-refractivity contribution in [2.24, 2.45) is 0 Å². The highest BCUT2D eigenvalue weighted by Crippen LogP contribution is 2.57. The van der Waals surface area contributed by atoms with Crippen LogP contribution in [0.2, 0.25) is 0 Å². The maximum Gasteiger partial charge on any atom is 0.164 e. The minimum Gasteiger partial charge on any atom is -0.208 e. The van der Waals surface area contributed by atoms with Crippen molar-refractivity contribution < 1.29 is 0 Å². The van der Waals surface area contributed by atoms with E-state index in [1.54, 1.807) is 0 Å². The van der Waals surface area contributed by atoms with Crippen LogP contribution in [-0.4, -0.2) is 29.9 Å². The number of benzene rings is 9. The zero-order chi connectivity index (χ0) is 47.2. The van der Waals surface area contributed by atoms with E-state index >= 15 is 0 Å². The largest absolute Gasteiger partial charge is 0.208 e. The first-order valence-electron chi connectivity index (χ1n) is 24.3. The quantitative estimate of drug-likeness (QED) is 0.159. The van der Waals surface area contributed by atoms with Crippen LogP contribution in [0.3, 0.4) is 0 Å². The standard InChI is InChI=1S/C65H44N6/c1-65(2)55-25-15-14-22-47(55)48-33-30-44(38-56(48)65)39-26-28-43(29-27-39)62-67-61(42-20-10-5-11-21-42)70-64(71-62)46-32-35-52-54(37-46)58-50-24-13-12-23-49(50)57(52)53-36-45(31-34-51(53)58)63-68-59(40-16-6-3-7-17-40)66-60(69-63)41-18-8-4-9-19-41/h3-38,57-58H,1-2H3. The number of aromatic nitrogens is 6. The summed E-state index contributed by atoms with van der Waals surface area (Å²) < 4.78 is 0. The van der Waals surface area contributed by atoms with Crippen LogP contribution < -0.4 is 0 Å². The fourth-order valence-electron chi connectivity index (χ4n) is 11.5. The molecule has 0 saturated heterocycles. The molecule has 0 aliphatic heterocycles. The van der Waals surface area contributed by atoms with Crippen molar-refractivity contribution in [3.05, 3.63) is 263 Å². The van der Waals surface area contributed by atoms with E-state index in [4.69, 9.17) is 29.9 Å². The van der Waals surface area contributed by atoms with E-state index in [-0.39, 0.29) is 17.3 Å². The van der Waals surface area contributed by atoms with Gasteiger partial charge in [-0.3, -0.25) is 0 Å². The van der Waals surface area contributed by atoms with E-state index in [0.29, 0.717) is 34.9 Å². The Morgan fingerprint density at radius 2 is 0.592 bits per heavy atom. The van der Waals surface area contributed by atoms with Crippen LogP contribution in [0.5, 0.6) is 0 Å². The van der Waals surface area contributed by atoms with Crippen molar-refractivity contribution in [1.29, 1.82) is 0 Å². The molecule has 4 aliphatic rings. The molecule has 2 atom stereocenters. The summed E-state index contributed by atoms with van der Waals surface area (Å²) in [7, 11) is 0. The molecule has 0 radical (unpaired) electrons. The molecule has 2 heterocycles. The normalized spacial score (nSPS) is 15.3. The summed E-state index contributed by atoms with van der Waals surface area (Å²) in [5.74, 6) is 3.92. The average Bonchev–Trinajstić information content (AvgIpc) is 3.68. The van der Waals surface area contributed by atoms with Gasteiger partial charge in [-0.1, -0.05) is 214 Å². The zero-order valence-corrected chi connectivity index (χ0v) is 39.1. The maximum absolute atomic E-state index is 5.25. The van der Waals surface area contributed by atoms with Gasteiger partial charge < -0.3 is 0 Å². The molecule has 6 nitrogen and oxygen atoms in total. The molecule has 2 aromatic heterocycles. The summed E-state index contributed by atoms with van der Waals surface area (Å²) in [6.07, 6.45) is 0. The Morgan fingerprint density at radius 1 is 0.254 bits per heavy atom. The third-order valence-electron chi connectivity index (χ3n) is 15.0. The van der Waals surface area contributed by atoms with Gasteiger partial charge >= 0.3 is 0 Å². The molecule has 71 heavy (non-hydrogen) atoms. The van der Waals surface area contributed by atoms with Gasteiger partial charge in [-0.05, 0) is 85.0 Å². The summed E-state index contributed by atoms with van der Waals surface area (Å²) in [6, 6.07) is 77.4. The maximum atomic E-state index is 5.25. The highest BCUT2D eigenvalue weighted by atomic mass is 15.0. The minimum atomic E-state index is -0.0686. The molecule has 0 N–H and O–H groups in total. The second-order valence-corrected chi connectivity index (χ2v) is 19.4. The highest BCUT2D eigenvalue weighted by molar-refractivity contribution is 5.84. The molecule has 0 saturated carbocycles. The van der Waals surface area contributed by atoms with E-state index in [1.165, 1.54) is 61.2 Å². The van der Waals surface area contributed by atoms with Gasteiger partial charge in [0.2, 0.25) is 0 Å². The lowest BCUT2D eigenvalue weighted by Gasteiger charge is -2.42. The van der Waals surface area contributed by atoms with Crippen molar-refractivity contribution in [3.63, 3.8) is 0 Å².